The molecule has 0 bridgehead atoms. The van der Waals surface area contributed by atoms with E-state index in [1.807, 2.05) is 6.07 Å². The van der Waals surface area contributed by atoms with Gasteiger partial charge in [0.25, 0.3) is 0 Å². The van der Waals surface area contributed by atoms with E-state index in [0.717, 1.165) is 34.4 Å². The van der Waals surface area contributed by atoms with Crippen molar-refractivity contribution >= 4 is 21.5 Å². The van der Waals surface area contributed by atoms with Crippen LogP contribution in [0.3, 0.4) is 0 Å². The molecule has 1 aliphatic rings. The minimum absolute atomic E-state index is 0.195. The van der Waals surface area contributed by atoms with Crippen LogP contribution in [0, 0.1) is 0 Å². The lowest BCUT2D eigenvalue weighted by atomic mass is 9.89. The van der Waals surface area contributed by atoms with Gasteiger partial charge >= 0.3 is 0 Å². The Morgan fingerprint density at radius 3 is 2.20 bits per heavy atom. The summed E-state index contributed by atoms with van der Waals surface area (Å²) < 4.78 is 22.5. The molecule has 0 spiro atoms. The van der Waals surface area contributed by atoms with Crippen molar-refractivity contribution in [1.29, 1.82) is 0 Å². The number of hydrogen-bond acceptors (Lipinski definition) is 4. The SMILES string of the molecule is COCOc1ccc2ccccc2c1-c1c(COCC2CO2)ccc2ccccc12. The smallest absolute Gasteiger partial charge is 0.188 e. The second-order valence-electron chi connectivity index (χ2n) is 7.50. The lowest BCUT2D eigenvalue weighted by Gasteiger charge is -2.19. The van der Waals surface area contributed by atoms with Crippen LogP contribution in [0.4, 0.5) is 0 Å². The second-order valence-corrected chi connectivity index (χ2v) is 7.50. The van der Waals surface area contributed by atoms with Gasteiger partial charge in [-0.05, 0) is 38.7 Å². The Morgan fingerprint density at radius 1 is 0.833 bits per heavy atom. The maximum absolute atomic E-state index is 6.02. The van der Waals surface area contributed by atoms with E-state index in [-0.39, 0.29) is 12.9 Å². The minimum Gasteiger partial charge on any atom is -0.467 e. The van der Waals surface area contributed by atoms with Crippen LogP contribution in [0.1, 0.15) is 5.56 Å². The molecule has 1 atom stereocenters. The van der Waals surface area contributed by atoms with Gasteiger partial charge in [-0.3, -0.25) is 0 Å². The van der Waals surface area contributed by atoms with Crippen LogP contribution in [0.15, 0.2) is 72.8 Å². The molecule has 0 amide bonds. The molecule has 30 heavy (non-hydrogen) atoms. The van der Waals surface area contributed by atoms with E-state index >= 15 is 0 Å². The van der Waals surface area contributed by atoms with Crippen LogP contribution in [0.2, 0.25) is 0 Å². The van der Waals surface area contributed by atoms with Crippen LogP contribution in [-0.2, 0) is 20.8 Å². The third-order valence-corrected chi connectivity index (χ3v) is 5.45. The van der Waals surface area contributed by atoms with E-state index in [9.17, 15) is 0 Å². The van der Waals surface area contributed by atoms with Crippen molar-refractivity contribution in [2.75, 3.05) is 27.1 Å². The summed E-state index contributed by atoms with van der Waals surface area (Å²) in [6, 6.07) is 25.3. The van der Waals surface area contributed by atoms with Crippen molar-refractivity contribution in [2.45, 2.75) is 12.7 Å². The zero-order chi connectivity index (χ0) is 20.3. The molecule has 1 unspecified atom stereocenters. The van der Waals surface area contributed by atoms with Crippen molar-refractivity contribution in [3.63, 3.8) is 0 Å². The van der Waals surface area contributed by atoms with Gasteiger partial charge in [0.1, 0.15) is 11.9 Å². The normalized spacial score (nSPS) is 15.6. The fraction of sp³-hybridized carbons (Fsp3) is 0.231. The summed E-state index contributed by atoms with van der Waals surface area (Å²) in [5.41, 5.74) is 3.35. The summed E-state index contributed by atoms with van der Waals surface area (Å²) in [5, 5.41) is 4.69. The van der Waals surface area contributed by atoms with Crippen LogP contribution in [0.5, 0.6) is 5.75 Å². The largest absolute Gasteiger partial charge is 0.467 e. The number of epoxide rings is 1. The summed E-state index contributed by atoms with van der Waals surface area (Å²) in [6.45, 7) is 2.13. The molecule has 4 heteroatoms. The molecule has 1 heterocycles. The molecule has 0 saturated carbocycles. The van der Waals surface area contributed by atoms with Gasteiger partial charge in [0.2, 0.25) is 0 Å². The third-order valence-electron chi connectivity index (χ3n) is 5.45. The quantitative estimate of drug-likeness (QED) is 0.287. The van der Waals surface area contributed by atoms with Gasteiger partial charge in [0.15, 0.2) is 6.79 Å². The summed E-state index contributed by atoms with van der Waals surface area (Å²) in [4.78, 5) is 0. The number of hydrogen-bond donors (Lipinski definition) is 0. The van der Waals surface area contributed by atoms with E-state index in [1.54, 1.807) is 7.11 Å². The van der Waals surface area contributed by atoms with Gasteiger partial charge in [0, 0.05) is 12.7 Å². The predicted octanol–water partition coefficient (Wildman–Crippen LogP) is 5.56. The molecule has 0 N–H and O–H groups in total. The molecule has 4 nitrogen and oxygen atoms in total. The van der Waals surface area contributed by atoms with Gasteiger partial charge < -0.3 is 18.9 Å². The molecule has 1 fully saturated rings. The summed E-state index contributed by atoms with van der Waals surface area (Å²) >= 11 is 0. The summed E-state index contributed by atoms with van der Waals surface area (Å²) in [6.07, 6.45) is 0.243. The number of methoxy groups -OCH3 is 1. The minimum atomic E-state index is 0.195. The molecule has 0 radical (unpaired) electrons. The average Bonchev–Trinajstić information content (AvgIpc) is 3.62. The number of rotatable bonds is 8. The first-order valence-corrected chi connectivity index (χ1v) is 10.2. The molecule has 0 aliphatic carbocycles. The lowest BCUT2D eigenvalue weighted by Crippen LogP contribution is -2.04. The van der Waals surface area contributed by atoms with E-state index in [1.165, 1.54) is 16.2 Å². The second kappa shape index (κ2) is 8.44. The van der Waals surface area contributed by atoms with E-state index in [0.29, 0.717) is 13.2 Å². The fourth-order valence-corrected chi connectivity index (χ4v) is 3.95. The van der Waals surface area contributed by atoms with Crippen molar-refractivity contribution < 1.29 is 18.9 Å². The van der Waals surface area contributed by atoms with Crippen molar-refractivity contribution in [3.05, 3.63) is 78.4 Å². The highest BCUT2D eigenvalue weighted by Crippen LogP contribution is 2.42. The Morgan fingerprint density at radius 2 is 1.50 bits per heavy atom. The maximum Gasteiger partial charge on any atom is 0.188 e. The van der Waals surface area contributed by atoms with Gasteiger partial charge in [-0.25, -0.2) is 0 Å². The Labute approximate surface area is 175 Å². The zero-order valence-electron chi connectivity index (χ0n) is 17.0. The molecular formula is C26H24O4. The predicted molar refractivity (Wildman–Crippen MR) is 119 cm³/mol. The van der Waals surface area contributed by atoms with Gasteiger partial charge in [0.05, 0.1) is 19.8 Å². The van der Waals surface area contributed by atoms with E-state index in [4.69, 9.17) is 18.9 Å². The number of benzene rings is 4. The van der Waals surface area contributed by atoms with Crippen molar-refractivity contribution in [1.82, 2.24) is 0 Å². The average molecular weight is 400 g/mol. The Bertz CT molecular complexity index is 1180. The molecule has 5 rings (SSSR count). The highest BCUT2D eigenvalue weighted by molar-refractivity contribution is 6.08. The van der Waals surface area contributed by atoms with Crippen LogP contribution >= 0.6 is 0 Å². The maximum atomic E-state index is 6.02. The van der Waals surface area contributed by atoms with Crippen LogP contribution in [-0.4, -0.2) is 33.2 Å². The first kappa shape index (κ1) is 19.1. The Hall–Kier alpha value is -2.92. The van der Waals surface area contributed by atoms with Gasteiger partial charge in [-0.2, -0.15) is 0 Å². The molecule has 1 aliphatic heterocycles. The molecule has 1 saturated heterocycles. The first-order chi connectivity index (χ1) is 14.8. The Kier molecular flexibility index (Phi) is 5.37. The van der Waals surface area contributed by atoms with E-state index < -0.39 is 0 Å². The van der Waals surface area contributed by atoms with E-state index in [2.05, 4.69) is 66.7 Å². The van der Waals surface area contributed by atoms with Crippen LogP contribution in [0.25, 0.3) is 32.7 Å². The standard InChI is InChI=1S/C26H24O4/c1-27-17-30-24-13-12-19-7-3-5-9-23(19)26(24)25-20(14-28-15-21-16-29-21)11-10-18-6-2-4-8-22(18)25/h2-13,21H,14-17H2,1H3. The number of fused-ring (bicyclic) bond motifs is 2. The third kappa shape index (κ3) is 3.77. The first-order valence-electron chi connectivity index (χ1n) is 10.2. The highest BCUT2D eigenvalue weighted by Gasteiger charge is 2.23. The molecule has 0 aromatic heterocycles. The number of ether oxygens (including phenoxy) is 4. The Balaban J connectivity index is 1.73. The zero-order valence-corrected chi connectivity index (χ0v) is 17.0. The summed E-state index contributed by atoms with van der Waals surface area (Å²) in [7, 11) is 1.64. The van der Waals surface area contributed by atoms with Gasteiger partial charge in [-0.1, -0.05) is 66.7 Å². The molecular weight excluding hydrogens is 376 g/mol. The topological polar surface area (TPSA) is 40.2 Å². The monoisotopic (exact) mass is 400 g/mol. The molecule has 152 valence electrons. The van der Waals surface area contributed by atoms with Crippen LogP contribution < -0.4 is 4.74 Å². The summed E-state index contributed by atoms with van der Waals surface area (Å²) in [5.74, 6) is 0.804. The highest BCUT2D eigenvalue weighted by atomic mass is 16.7. The lowest BCUT2D eigenvalue weighted by molar-refractivity contribution is 0.0516. The molecule has 4 aromatic carbocycles. The van der Waals surface area contributed by atoms with Crippen molar-refractivity contribution in [2.24, 2.45) is 0 Å². The molecule has 4 aromatic rings. The fourth-order valence-electron chi connectivity index (χ4n) is 3.95. The van der Waals surface area contributed by atoms with Gasteiger partial charge in [-0.15, -0.1) is 0 Å². The van der Waals surface area contributed by atoms with Crippen molar-refractivity contribution in [3.8, 4) is 16.9 Å².